The summed E-state index contributed by atoms with van der Waals surface area (Å²) < 4.78 is 24.2. The molecule has 4 rings (SSSR count). The number of para-hydroxylation sites is 1. The van der Waals surface area contributed by atoms with Crippen LogP contribution in [0.25, 0.3) is 11.3 Å². The van der Waals surface area contributed by atoms with Crippen molar-refractivity contribution in [1.82, 2.24) is 9.88 Å². The number of hydrogen-bond acceptors (Lipinski definition) is 6. The van der Waals surface area contributed by atoms with Crippen LogP contribution in [0, 0.1) is 5.82 Å². The number of aromatic nitrogens is 1. The van der Waals surface area contributed by atoms with E-state index in [1.807, 2.05) is 4.90 Å². The maximum Gasteiger partial charge on any atom is 0.360 e. The molecule has 2 heterocycles. The summed E-state index contributed by atoms with van der Waals surface area (Å²) in [5, 5.41) is 0. The minimum absolute atomic E-state index is 0.0159. The van der Waals surface area contributed by atoms with Crippen molar-refractivity contribution in [2.24, 2.45) is 0 Å². The molecule has 0 unspecified atom stereocenters. The molecule has 0 N–H and O–H groups in total. The largest absolute Gasteiger partial charge is 0.464 e. The lowest BCUT2D eigenvalue weighted by molar-refractivity contribution is 0.0594. The van der Waals surface area contributed by atoms with E-state index < -0.39 is 5.97 Å². The van der Waals surface area contributed by atoms with E-state index in [4.69, 9.17) is 9.15 Å². The van der Waals surface area contributed by atoms with Gasteiger partial charge in [-0.3, -0.25) is 4.79 Å². The molecule has 0 bridgehead atoms. The Morgan fingerprint density at radius 2 is 1.73 bits per heavy atom. The molecule has 0 saturated carbocycles. The molecule has 0 radical (unpaired) electrons. The van der Waals surface area contributed by atoms with Crippen molar-refractivity contribution in [3.05, 3.63) is 72.0 Å². The molecular formula is C22H20FN3O4. The Hall–Kier alpha value is -3.68. The van der Waals surface area contributed by atoms with Crippen LogP contribution in [0.3, 0.4) is 0 Å². The standard InChI is InChI=1S/C22H20FN3O4/c1-29-22(28)19-20(30-14-24-19)15-6-2-3-7-16(15)21(27)26-12-10-25(11-13-26)18-9-5-4-8-17(18)23/h2-9,14H,10-13H2,1H3. The minimum atomic E-state index is -0.639. The molecular weight excluding hydrogens is 389 g/mol. The number of amides is 1. The zero-order chi connectivity index (χ0) is 21.1. The normalized spacial score (nSPS) is 13.9. The topological polar surface area (TPSA) is 75.9 Å². The van der Waals surface area contributed by atoms with Crippen molar-refractivity contribution in [3.63, 3.8) is 0 Å². The number of piperazine rings is 1. The van der Waals surface area contributed by atoms with Crippen molar-refractivity contribution >= 4 is 17.6 Å². The Balaban J connectivity index is 1.55. The lowest BCUT2D eigenvalue weighted by Gasteiger charge is -2.36. The van der Waals surface area contributed by atoms with Gasteiger partial charge in [0.05, 0.1) is 18.4 Å². The fraction of sp³-hybridized carbons (Fsp3) is 0.227. The molecule has 1 amide bonds. The molecule has 1 aromatic heterocycles. The second kappa shape index (κ2) is 8.36. The number of ether oxygens (including phenoxy) is 1. The fourth-order valence-corrected chi connectivity index (χ4v) is 3.58. The maximum atomic E-state index is 14.1. The van der Waals surface area contributed by atoms with E-state index in [-0.39, 0.29) is 23.2 Å². The van der Waals surface area contributed by atoms with Crippen molar-refractivity contribution in [3.8, 4) is 11.3 Å². The third-order valence-corrected chi connectivity index (χ3v) is 5.11. The number of oxazole rings is 1. The van der Waals surface area contributed by atoms with Gasteiger partial charge in [-0.25, -0.2) is 14.2 Å². The van der Waals surface area contributed by atoms with Gasteiger partial charge in [0.1, 0.15) is 5.82 Å². The Morgan fingerprint density at radius 1 is 1.03 bits per heavy atom. The summed E-state index contributed by atoms with van der Waals surface area (Å²) in [5.41, 5.74) is 1.42. The van der Waals surface area contributed by atoms with Crippen molar-refractivity contribution in [2.75, 3.05) is 38.2 Å². The number of carbonyl (C=O) groups excluding carboxylic acids is 2. The average Bonchev–Trinajstić information content (AvgIpc) is 3.28. The molecule has 1 aliphatic heterocycles. The first-order chi connectivity index (χ1) is 14.6. The number of benzene rings is 2. The molecule has 0 aliphatic carbocycles. The quantitative estimate of drug-likeness (QED) is 0.616. The van der Waals surface area contributed by atoms with Crippen LogP contribution >= 0.6 is 0 Å². The van der Waals surface area contributed by atoms with Crippen LogP contribution in [0.4, 0.5) is 10.1 Å². The third-order valence-electron chi connectivity index (χ3n) is 5.11. The number of nitrogens with zero attached hydrogens (tertiary/aromatic N) is 3. The van der Waals surface area contributed by atoms with Crippen LogP contribution < -0.4 is 4.90 Å². The van der Waals surface area contributed by atoms with Gasteiger partial charge in [-0.05, 0) is 18.2 Å². The number of esters is 1. The van der Waals surface area contributed by atoms with Gasteiger partial charge >= 0.3 is 5.97 Å². The number of hydrogen-bond donors (Lipinski definition) is 0. The van der Waals surface area contributed by atoms with Gasteiger partial charge in [-0.1, -0.05) is 30.3 Å². The highest BCUT2D eigenvalue weighted by atomic mass is 19.1. The van der Waals surface area contributed by atoms with Gasteiger partial charge in [-0.2, -0.15) is 0 Å². The van der Waals surface area contributed by atoms with E-state index in [0.717, 1.165) is 6.39 Å². The van der Waals surface area contributed by atoms with Gasteiger partial charge in [-0.15, -0.1) is 0 Å². The van der Waals surface area contributed by atoms with Crippen LogP contribution in [0.2, 0.25) is 0 Å². The minimum Gasteiger partial charge on any atom is -0.464 e. The van der Waals surface area contributed by atoms with Gasteiger partial charge in [0.2, 0.25) is 0 Å². The Labute approximate surface area is 172 Å². The van der Waals surface area contributed by atoms with E-state index in [1.165, 1.54) is 13.2 Å². The van der Waals surface area contributed by atoms with Crippen LogP contribution in [0.1, 0.15) is 20.8 Å². The second-order valence-corrected chi connectivity index (χ2v) is 6.80. The van der Waals surface area contributed by atoms with Crippen LogP contribution in [-0.2, 0) is 4.74 Å². The maximum absolute atomic E-state index is 14.1. The monoisotopic (exact) mass is 409 g/mol. The molecule has 2 aromatic carbocycles. The molecule has 0 atom stereocenters. The lowest BCUT2D eigenvalue weighted by atomic mass is 10.0. The average molecular weight is 409 g/mol. The second-order valence-electron chi connectivity index (χ2n) is 6.80. The molecule has 30 heavy (non-hydrogen) atoms. The van der Waals surface area contributed by atoms with Crippen LogP contribution in [0.5, 0.6) is 0 Å². The van der Waals surface area contributed by atoms with Crippen LogP contribution in [-0.4, -0.2) is 55.0 Å². The first-order valence-corrected chi connectivity index (χ1v) is 9.50. The number of carbonyl (C=O) groups is 2. The first-order valence-electron chi connectivity index (χ1n) is 9.50. The SMILES string of the molecule is COC(=O)c1ncoc1-c1ccccc1C(=O)N1CCN(c2ccccc2F)CC1. The van der Waals surface area contributed by atoms with E-state index in [1.54, 1.807) is 47.4 Å². The summed E-state index contributed by atoms with van der Waals surface area (Å²) in [5.74, 6) is -0.912. The number of rotatable bonds is 4. The van der Waals surface area contributed by atoms with E-state index >= 15 is 0 Å². The molecule has 7 nitrogen and oxygen atoms in total. The molecule has 8 heteroatoms. The molecule has 3 aromatic rings. The van der Waals surface area contributed by atoms with Crippen molar-refractivity contribution < 1.29 is 23.1 Å². The molecule has 154 valence electrons. The summed E-state index contributed by atoms with van der Waals surface area (Å²) in [6, 6.07) is 13.5. The van der Waals surface area contributed by atoms with Crippen molar-refractivity contribution in [2.45, 2.75) is 0 Å². The van der Waals surface area contributed by atoms with Gasteiger partial charge in [0, 0.05) is 31.7 Å². The summed E-state index contributed by atoms with van der Waals surface area (Å²) in [6.45, 7) is 1.93. The zero-order valence-electron chi connectivity index (χ0n) is 16.4. The first kappa shape index (κ1) is 19.6. The fourth-order valence-electron chi connectivity index (χ4n) is 3.58. The summed E-state index contributed by atoms with van der Waals surface area (Å²) >= 11 is 0. The lowest BCUT2D eigenvalue weighted by Crippen LogP contribution is -2.49. The van der Waals surface area contributed by atoms with Crippen LogP contribution in [0.15, 0.2) is 59.3 Å². The Bertz CT molecular complexity index is 1070. The number of halogens is 1. The molecule has 1 fully saturated rings. The van der Waals surface area contributed by atoms with E-state index in [2.05, 4.69) is 4.98 Å². The Kier molecular flexibility index (Phi) is 5.47. The van der Waals surface area contributed by atoms with E-state index in [0.29, 0.717) is 43.0 Å². The van der Waals surface area contributed by atoms with Gasteiger partial charge in [0.25, 0.3) is 5.91 Å². The highest BCUT2D eigenvalue weighted by Crippen LogP contribution is 2.29. The molecule has 1 aliphatic rings. The molecule has 0 spiro atoms. The third kappa shape index (κ3) is 3.63. The summed E-state index contributed by atoms with van der Waals surface area (Å²) in [7, 11) is 1.26. The summed E-state index contributed by atoms with van der Waals surface area (Å²) in [4.78, 5) is 32.8. The highest BCUT2D eigenvalue weighted by molar-refractivity contribution is 6.03. The molecule has 1 saturated heterocycles. The smallest absolute Gasteiger partial charge is 0.360 e. The van der Waals surface area contributed by atoms with Gasteiger partial charge in [0.15, 0.2) is 17.8 Å². The van der Waals surface area contributed by atoms with Gasteiger partial charge < -0.3 is 19.0 Å². The van der Waals surface area contributed by atoms with E-state index in [9.17, 15) is 14.0 Å². The predicted octanol–water partition coefficient (Wildman–Crippen LogP) is 3.23. The predicted molar refractivity (Wildman–Crippen MR) is 108 cm³/mol. The number of methoxy groups -OCH3 is 1. The highest BCUT2D eigenvalue weighted by Gasteiger charge is 2.28. The zero-order valence-corrected chi connectivity index (χ0v) is 16.4. The summed E-state index contributed by atoms with van der Waals surface area (Å²) in [6.07, 6.45) is 1.15. The van der Waals surface area contributed by atoms with Crippen molar-refractivity contribution in [1.29, 1.82) is 0 Å². The Morgan fingerprint density at radius 3 is 2.47 bits per heavy atom. The number of anilines is 1.